The molecule has 1 saturated carbocycles. The highest BCUT2D eigenvalue weighted by molar-refractivity contribution is 7.97. The van der Waals surface area contributed by atoms with Gasteiger partial charge < -0.3 is 0 Å². The summed E-state index contributed by atoms with van der Waals surface area (Å²) < 4.78 is 2.38. The van der Waals surface area contributed by atoms with E-state index >= 15 is 0 Å². The van der Waals surface area contributed by atoms with Crippen LogP contribution in [0.2, 0.25) is 0 Å². The predicted octanol–water partition coefficient (Wildman–Crippen LogP) is 2.36. The van der Waals surface area contributed by atoms with Crippen LogP contribution in [0.25, 0.3) is 0 Å². The van der Waals surface area contributed by atoms with Gasteiger partial charge >= 0.3 is 0 Å². The van der Waals surface area contributed by atoms with Gasteiger partial charge in [-0.25, -0.2) is 4.31 Å². The Kier molecular flexibility index (Phi) is 2.65. The highest BCUT2D eigenvalue weighted by Gasteiger charge is 2.26. The lowest BCUT2D eigenvalue weighted by molar-refractivity contribution is 0.330. The number of hydrogen-bond acceptors (Lipinski definition) is 2. The maximum Gasteiger partial charge on any atom is 0.0608 e. The summed E-state index contributed by atoms with van der Waals surface area (Å²) in [5, 5.41) is 0.434. The summed E-state index contributed by atoms with van der Waals surface area (Å²) in [6.45, 7) is 2.19. The number of nitrogens with zero attached hydrogens (tertiary/aromatic N) is 1. The average molecular weight is 192 g/mol. The third-order valence-electron chi connectivity index (χ3n) is 2.52. The van der Waals surface area contributed by atoms with Gasteiger partial charge in [0.25, 0.3) is 0 Å². The molecule has 1 heterocycles. The maximum absolute atomic E-state index is 5.85. The van der Waals surface area contributed by atoms with Crippen LogP contribution in [0.4, 0.5) is 0 Å². The van der Waals surface area contributed by atoms with Gasteiger partial charge in [0.05, 0.1) is 5.38 Å². The van der Waals surface area contributed by atoms with Crippen LogP contribution in [0.15, 0.2) is 0 Å². The fraction of sp³-hybridized carbons (Fsp3) is 1.00. The van der Waals surface area contributed by atoms with E-state index in [0.717, 1.165) is 19.0 Å². The lowest BCUT2D eigenvalue weighted by atomic mass is 9.87. The molecule has 0 radical (unpaired) electrons. The number of alkyl halides is 1. The van der Waals surface area contributed by atoms with Gasteiger partial charge in [-0.1, -0.05) is 18.4 Å². The highest BCUT2D eigenvalue weighted by atomic mass is 35.5. The van der Waals surface area contributed by atoms with E-state index in [1.165, 1.54) is 25.0 Å². The highest BCUT2D eigenvalue weighted by Crippen LogP contribution is 2.32. The quantitative estimate of drug-likeness (QED) is 0.498. The molecule has 64 valence electrons. The number of halogens is 1. The summed E-state index contributed by atoms with van der Waals surface area (Å²) in [4.78, 5) is 0. The molecule has 3 heteroatoms. The van der Waals surface area contributed by atoms with Crippen LogP contribution in [0.1, 0.15) is 19.3 Å². The van der Waals surface area contributed by atoms with E-state index < -0.39 is 0 Å². The van der Waals surface area contributed by atoms with Gasteiger partial charge in [-0.2, -0.15) is 0 Å². The molecule has 2 fully saturated rings. The fourth-order valence-electron chi connectivity index (χ4n) is 1.36. The Balaban J connectivity index is 1.53. The topological polar surface area (TPSA) is 3.24 Å². The molecule has 2 aliphatic rings. The minimum atomic E-state index is 0.434. The molecule has 0 atom stereocenters. The van der Waals surface area contributed by atoms with E-state index in [0.29, 0.717) is 5.38 Å². The van der Waals surface area contributed by atoms with Gasteiger partial charge in [0.2, 0.25) is 0 Å². The molecule has 0 amide bonds. The summed E-state index contributed by atoms with van der Waals surface area (Å²) in [6, 6.07) is 0. The van der Waals surface area contributed by atoms with E-state index in [2.05, 4.69) is 4.31 Å². The van der Waals surface area contributed by atoms with Crippen LogP contribution < -0.4 is 0 Å². The third-order valence-corrected chi connectivity index (χ3v) is 4.08. The molecule has 0 bridgehead atoms. The van der Waals surface area contributed by atoms with E-state index in [1.807, 2.05) is 11.9 Å². The normalized spacial score (nSPS) is 28.1. The van der Waals surface area contributed by atoms with Gasteiger partial charge in [0, 0.05) is 18.8 Å². The number of hydrogen-bond donors (Lipinski definition) is 0. The second-order valence-corrected chi connectivity index (χ2v) is 5.26. The molecule has 11 heavy (non-hydrogen) atoms. The van der Waals surface area contributed by atoms with Crippen molar-refractivity contribution in [2.45, 2.75) is 24.6 Å². The van der Waals surface area contributed by atoms with Crippen LogP contribution >= 0.6 is 23.5 Å². The first-order chi connectivity index (χ1) is 5.34. The van der Waals surface area contributed by atoms with Crippen molar-refractivity contribution in [3.8, 4) is 0 Å². The molecule has 0 unspecified atom stereocenters. The van der Waals surface area contributed by atoms with Gasteiger partial charge in [0.15, 0.2) is 0 Å². The molecule has 1 aliphatic carbocycles. The SMILES string of the molecule is ClC1CN(SCC2CCC2)C1. The molecule has 1 nitrogen and oxygen atoms in total. The predicted molar refractivity (Wildman–Crippen MR) is 51.0 cm³/mol. The van der Waals surface area contributed by atoms with E-state index in [1.54, 1.807) is 0 Å². The second-order valence-electron chi connectivity index (χ2n) is 3.54. The molecular formula is C8H14ClNS. The van der Waals surface area contributed by atoms with Gasteiger partial charge in [-0.3, -0.25) is 0 Å². The second kappa shape index (κ2) is 3.55. The Morgan fingerprint density at radius 2 is 2.09 bits per heavy atom. The molecule has 0 aromatic rings. The van der Waals surface area contributed by atoms with Crippen molar-refractivity contribution in [2.24, 2.45) is 5.92 Å². The van der Waals surface area contributed by atoms with Crippen molar-refractivity contribution in [2.75, 3.05) is 18.8 Å². The van der Waals surface area contributed by atoms with Crippen molar-refractivity contribution in [3.63, 3.8) is 0 Å². The van der Waals surface area contributed by atoms with Crippen LogP contribution in [-0.2, 0) is 0 Å². The smallest absolute Gasteiger partial charge is 0.0608 e. The molecule has 0 N–H and O–H groups in total. The molecule has 0 aromatic heterocycles. The zero-order valence-electron chi connectivity index (χ0n) is 6.63. The first kappa shape index (κ1) is 8.21. The number of rotatable bonds is 3. The molecule has 1 saturated heterocycles. The van der Waals surface area contributed by atoms with Gasteiger partial charge in [-0.15, -0.1) is 11.6 Å². The Bertz CT molecular complexity index is 132. The molecule has 0 aromatic carbocycles. The first-order valence-electron chi connectivity index (χ1n) is 4.36. The van der Waals surface area contributed by atoms with Crippen LogP contribution in [0, 0.1) is 5.92 Å². The average Bonchev–Trinajstić information content (AvgIpc) is 1.80. The summed E-state index contributed by atoms with van der Waals surface area (Å²) in [6.07, 6.45) is 4.39. The Labute approximate surface area is 77.6 Å². The van der Waals surface area contributed by atoms with Gasteiger partial charge in [0.1, 0.15) is 0 Å². The zero-order valence-corrected chi connectivity index (χ0v) is 8.20. The summed E-state index contributed by atoms with van der Waals surface area (Å²) in [5.74, 6) is 2.36. The molecule has 0 spiro atoms. The summed E-state index contributed by atoms with van der Waals surface area (Å²) in [7, 11) is 0. The van der Waals surface area contributed by atoms with Crippen molar-refractivity contribution in [1.82, 2.24) is 4.31 Å². The molecule has 1 aliphatic heterocycles. The van der Waals surface area contributed by atoms with Crippen LogP contribution in [0.3, 0.4) is 0 Å². The third kappa shape index (κ3) is 2.04. The maximum atomic E-state index is 5.85. The standard InChI is InChI=1S/C8H14ClNS/c9-8-4-10(5-8)11-6-7-2-1-3-7/h7-8H,1-6H2. The largest absolute Gasteiger partial charge is 0.248 e. The van der Waals surface area contributed by atoms with Crippen molar-refractivity contribution >= 4 is 23.5 Å². The minimum absolute atomic E-state index is 0.434. The molecular weight excluding hydrogens is 178 g/mol. The van der Waals surface area contributed by atoms with Crippen molar-refractivity contribution < 1.29 is 0 Å². The Hall–Kier alpha value is 0.600. The fourth-order valence-corrected chi connectivity index (χ4v) is 3.19. The van der Waals surface area contributed by atoms with Crippen molar-refractivity contribution in [3.05, 3.63) is 0 Å². The van der Waals surface area contributed by atoms with E-state index in [9.17, 15) is 0 Å². The Morgan fingerprint density at radius 1 is 1.36 bits per heavy atom. The monoisotopic (exact) mass is 191 g/mol. The van der Waals surface area contributed by atoms with E-state index in [-0.39, 0.29) is 0 Å². The first-order valence-corrected chi connectivity index (χ1v) is 5.74. The van der Waals surface area contributed by atoms with Gasteiger partial charge in [-0.05, 0) is 18.8 Å². The minimum Gasteiger partial charge on any atom is -0.248 e. The van der Waals surface area contributed by atoms with Crippen molar-refractivity contribution in [1.29, 1.82) is 0 Å². The Morgan fingerprint density at radius 3 is 2.55 bits per heavy atom. The molecule has 2 rings (SSSR count). The van der Waals surface area contributed by atoms with Crippen LogP contribution in [0.5, 0.6) is 0 Å². The lowest BCUT2D eigenvalue weighted by Crippen LogP contribution is -2.43. The lowest BCUT2D eigenvalue weighted by Gasteiger charge is -2.36. The summed E-state index contributed by atoms with van der Waals surface area (Å²) in [5.41, 5.74) is 0. The summed E-state index contributed by atoms with van der Waals surface area (Å²) >= 11 is 7.85. The van der Waals surface area contributed by atoms with Crippen LogP contribution in [-0.4, -0.2) is 28.5 Å². The van der Waals surface area contributed by atoms with E-state index in [4.69, 9.17) is 11.6 Å². The zero-order chi connectivity index (χ0) is 7.68.